The van der Waals surface area contributed by atoms with Gasteiger partial charge in [-0.25, -0.2) is 9.97 Å². The van der Waals surface area contributed by atoms with Crippen molar-refractivity contribution in [1.82, 2.24) is 9.97 Å². The Morgan fingerprint density at radius 1 is 1.00 bits per heavy atom. The van der Waals surface area contributed by atoms with Gasteiger partial charge >= 0.3 is 0 Å². The van der Waals surface area contributed by atoms with Gasteiger partial charge in [0.15, 0.2) is 10.8 Å². The Morgan fingerprint density at radius 3 is 2.35 bits per heavy atom. The number of hydrogen-bond donors (Lipinski definition) is 0. The Hall–Kier alpha value is -1.15. The van der Waals surface area contributed by atoms with Crippen molar-refractivity contribution in [3.63, 3.8) is 0 Å². The summed E-state index contributed by atoms with van der Waals surface area (Å²) in [6.45, 7) is 1.53. The van der Waals surface area contributed by atoms with Gasteiger partial charge in [0.1, 0.15) is 0 Å². The van der Waals surface area contributed by atoms with E-state index in [9.17, 15) is 4.79 Å². The van der Waals surface area contributed by atoms with Gasteiger partial charge in [-0.1, -0.05) is 31.9 Å². The van der Waals surface area contributed by atoms with E-state index in [4.69, 9.17) is 0 Å². The molecule has 4 rings (SSSR count). The zero-order valence-corrected chi connectivity index (χ0v) is 16.7. The Bertz CT molecular complexity index is 994. The molecule has 0 spiro atoms. The minimum atomic E-state index is 0.0253. The molecular weight excluding hydrogens is 460 g/mol. The number of carbonyl (C=O) groups excluding carboxylic acids is 1. The lowest BCUT2D eigenvalue weighted by Crippen LogP contribution is -1.87. The highest BCUT2D eigenvalue weighted by atomic mass is 79.9. The molecule has 2 aromatic carbocycles. The maximum atomic E-state index is 11.0. The number of ketones is 1. The van der Waals surface area contributed by atoms with E-state index in [0.717, 1.165) is 24.7 Å². The number of fused-ring (bicyclic) bond motifs is 2. The molecule has 4 aromatic rings. The summed E-state index contributed by atoms with van der Waals surface area (Å²) in [5, 5.41) is 0.577. The summed E-state index contributed by atoms with van der Waals surface area (Å²) < 4.78 is 4.40. The van der Waals surface area contributed by atoms with Crippen LogP contribution in [0.2, 0.25) is 0 Å². The van der Waals surface area contributed by atoms with E-state index in [1.807, 2.05) is 35.8 Å². The molecule has 2 heterocycles. The third-order valence-electron chi connectivity index (χ3n) is 2.94. The quantitative estimate of drug-likeness (QED) is 0.306. The third kappa shape index (κ3) is 4.03. The van der Waals surface area contributed by atoms with Crippen molar-refractivity contribution in [3.8, 4) is 0 Å². The monoisotopic (exact) mass is 468 g/mol. The van der Waals surface area contributed by atoms with Gasteiger partial charge in [0.2, 0.25) is 0 Å². The zero-order chi connectivity index (χ0) is 16.4. The van der Waals surface area contributed by atoms with Crippen molar-refractivity contribution in [2.75, 3.05) is 0 Å². The number of aromatic nitrogens is 2. The largest absolute Gasteiger partial charge is 0.292 e. The van der Waals surface area contributed by atoms with Gasteiger partial charge in [0.25, 0.3) is 0 Å². The van der Waals surface area contributed by atoms with Crippen LogP contribution in [0.4, 0.5) is 0 Å². The SMILES string of the molecule is Brc1ccc2ncsc2c1.CC(=O)c1nc2ccc(Br)cc2s1. The second-order valence-electron chi connectivity index (χ2n) is 4.65. The van der Waals surface area contributed by atoms with Gasteiger partial charge in [-0.2, -0.15) is 0 Å². The normalized spacial score (nSPS) is 10.6. The van der Waals surface area contributed by atoms with E-state index in [0.29, 0.717) is 5.01 Å². The van der Waals surface area contributed by atoms with Gasteiger partial charge in [0.05, 0.1) is 25.9 Å². The summed E-state index contributed by atoms with van der Waals surface area (Å²) in [5.74, 6) is 0.0253. The van der Waals surface area contributed by atoms with Gasteiger partial charge in [-0.15, -0.1) is 22.7 Å². The first-order valence-electron chi connectivity index (χ1n) is 6.59. The van der Waals surface area contributed by atoms with E-state index in [1.165, 1.54) is 23.0 Å². The van der Waals surface area contributed by atoms with E-state index in [2.05, 4.69) is 47.9 Å². The van der Waals surface area contributed by atoms with Crippen molar-refractivity contribution in [1.29, 1.82) is 0 Å². The van der Waals surface area contributed by atoms with E-state index in [-0.39, 0.29) is 5.78 Å². The number of carbonyl (C=O) groups is 1. The molecule has 0 amide bonds. The van der Waals surface area contributed by atoms with Crippen LogP contribution in [0.5, 0.6) is 0 Å². The highest BCUT2D eigenvalue weighted by Gasteiger charge is 2.07. The molecule has 0 saturated carbocycles. The first-order valence-corrected chi connectivity index (χ1v) is 9.87. The fourth-order valence-corrected chi connectivity index (χ4v) is 4.52. The molecule has 0 bridgehead atoms. The number of nitrogens with zero attached hydrogens (tertiary/aromatic N) is 2. The number of thiazole rings is 2. The van der Waals surface area contributed by atoms with Crippen molar-refractivity contribution in [3.05, 3.63) is 55.9 Å². The molecule has 23 heavy (non-hydrogen) atoms. The van der Waals surface area contributed by atoms with Crippen LogP contribution in [0.1, 0.15) is 16.7 Å². The van der Waals surface area contributed by atoms with Crippen LogP contribution in [-0.4, -0.2) is 15.8 Å². The molecule has 0 saturated heterocycles. The van der Waals surface area contributed by atoms with Gasteiger partial charge in [0, 0.05) is 15.9 Å². The summed E-state index contributed by atoms with van der Waals surface area (Å²) in [7, 11) is 0. The van der Waals surface area contributed by atoms with Gasteiger partial charge in [-0.3, -0.25) is 4.79 Å². The molecule has 0 N–H and O–H groups in total. The van der Waals surface area contributed by atoms with Crippen LogP contribution < -0.4 is 0 Å². The second kappa shape index (κ2) is 7.17. The maximum Gasteiger partial charge on any atom is 0.188 e. The van der Waals surface area contributed by atoms with Crippen molar-refractivity contribution in [2.24, 2.45) is 0 Å². The fourth-order valence-electron chi connectivity index (χ4n) is 1.88. The van der Waals surface area contributed by atoms with Crippen LogP contribution in [-0.2, 0) is 0 Å². The lowest BCUT2D eigenvalue weighted by atomic mass is 10.3. The molecule has 2 aromatic heterocycles. The molecule has 0 radical (unpaired) electrons. The summed E-state index contributed by atoms with van der Waals surface area (Å²) in [5.41, 5.74) is 3.82. The zero-order valence-electron chi connectivity index (χ0n) is 11.9. The molecule has 0 aliphatic heterocycles. The summed E-state index contributed by atoms with van der Waals surface area (Å²) in [6.07, 6.45) is 0. The Morgan fingerprint density at radius 2 is 1.65 bits per heavy atom. The number of Topliss-reactive ketones (excluding diaryl/α,β-unsaturated/α-hetero) is 1. The van der Waals surface area contributed by atoms with Crippen molar-refractivity contribution in [2.45, 2.75) is 6.92 Å². The summed E-state index contributed by atoms with van der Waals surface area (Å²) in [4.78, 5) is 19.4. The lowest BCUT2D eigenvalue weighted by Gasteiger charge is -1.87. The molecule has 0 fully saturated rings. The van der Waals surface area contributed by atoms with Crippen molar-refractivity contribution >= 4 is 80.7 Å². The summed E-state index contributed by atoms with van der Waals surface area (Å²) >= 11 is 9.86. The lowest BCUT2D eigenvalue weighted by molar-refractivity contribution is 0.101. The van der Waals surface area contributed by atoms with Crippen LogP contribution in [0.15, 0.2) is 50.9 Å². The van der Waals surface area contributed by atoms with Gasteiger partial charge < -0.3 is 0 Å². The molecule has 0 unspecified atom stereocenters. The predicted octanol–water partition coefficient (Wildman–Crippen LogP) is 6.32. The fraction of sp³-hybridized carbons (Fsp3) is 0.0625. The average molecular weight is 470 g/mol. The van der Waals surface area contributed by atoms with Gasteiger partial charge in [-0.05, 0) is 36.4 Å². The smallest absolute Gasteiger partial charge is 0.188 e. The third-order valence-corrected chi connectivity index (χ3v) is 5.84. The minimum absolute atomic E-state index is 0.0253. The van der Waals surface area contributed by atoms with Crippen LogP contribution in [0, 0.1) is 0 Å². The molecule has 0 aliphatic carbocycles. The predicted molar refractivity (Wildman–Crippen MR) is 105 cm³/mol. The number of halogens is 2. The van der Waals surface area contributed by atoms with Crippen LogP contribution in [0.3, 0.4) is 0 Å². The molecule has 0 atom stereocenters. The average Bonchev–Trinajstić information content (AvgIpc) is 3.12. The molecule has 0 aliphatic rings. The number of benzene rings is 2. The highest BCUT2D eigenvalue weighted by molar-refractivity contribution is 9.10. The summed E-state index contributed by atoms with van der Waals surface area (Å²) in [6, 6.07) is 11.9. The number of hydrogen-bond acceptors (Lipinski definition) is 5. The van der Waals surface area contributed by atoms with E-state index < -0.39 is 0 Å². The molecular formula is C16H10Br2N2OS2. The van der Waals surface area contributed by atoms with E-state index in [1.54, 1.807) is 11.3 Å². The first-order chi connectivity index (χ1) is 11.0. The molecule has 3 nitrogen and oxygen atoms in total. The first kappa shape index (κ1) is 16.7. The Labute approximate surface area is 157 Å². The topological polar surface area (TPSA) is 42.9 Å². The standard InChI is InChI=1S/C9H6BrNOS.C7H4BrNS/c1-5(12)9-11-7-3-2-6(10)4-8(7)13-9;8-5-1-2-6-7(3-5)10-4-9-6/h2-4H,1H3;1-4H. The van der Waals surface area contributed by atoms with Crippen molar-refractivity contribution < 1.29 is 4.79 Å². The second-order valence-corrected chi connectivity index (χ2v) is 8.40. The van der Waals surface area contributed by atoms with Crippen LogP contribution in [0.25, 0.3) is 20.4 Å². The Balaban J connectivity index is 0.000000140. The van der Waals surface area contributed by atoms with Crippen LogP contribution >= 0.6 is 54.5 Å². The van der Waals surface area contributed by atoms with E-state index >= 15 is 0 Å². The number of rotatable bonds is 1. The molecule has 7 heteroatoms. The highest BCUT2D eigenvalue weighted by Crippen LogP contribution is 2.25. The molecule has 116 valence electrons. The Kier molecular flexibility index (Phi) is 5.21. The minimum Gasteiger partial charge on any atom is -0.292 e. The maximum absolute atomic E-state index is 11.0.